The highest BCUT2D eigenvalue weighted by molar-refractivity contribution is 7.99. The summed E-state index contributed by atoms with van der Waals surface area (Å²) < 4.78 is 0. The lowest BCUT2D eigenvalue weighted by Gasteiger charge is -2.36. The van der Waals surface area contributed by atoms with Gasteiger partial charge in [0.15, 0.2) is 0 Å². The zero-order chi connectivity index (χ0) is 12.4. The second-order valence-electron chi connectivity index (χ2n) is 5.01. The lowest BCUT2D eigenvalue weighted by atomic mass is 10.1. The smallest absolute Gasteiger partial charge is 0.0411 e. The van der Waals surface area contributed by atoms with Crippen LogP contribution in [-0.2, 0) is 0 Å². The van der Waals surface area contributed by atoms with E-state index in [1.165, 1.54) is 41.4 Å². The number of likely N-dealkylation sites (N-methyl/N-ethyl adjacent to an activating group) is 1. The van der Waals surface area contributed by atoms with Crippen molar-refractivity contribution in [3.05, 3.63) is 35.9 Å². The van der Waals surface area contributed by atoms with Gasteiger partial charge in [-0.05, 0) is 19.5 Å². The minimum Gasteiger partial charge on any atom is -0.369 e. The van der Waals surface area contributed by atoms with Gasteiger partial charge >= 0.3 is 0 Å². The summed E-state index contributed by atoms with van der Waals surface area (Å²) in [6.07, 6.45) is 3.62. The van der Waals surface area contributed by atoms with Crippen molar-refractivity contribution < 1.29 is 0 Å². The molecule has 18 heavy (non-hydrogen) atoms. The zero-order valence-corrected chi connectivity index (χ0v) is 11.7. The number of fused-ring (bicyclic) bond motifs is 1. The van der Waals surface area contributed by atoms with E-state index < -0.39 is 0 Å². The van der Waals surface area contributed by atoms with Crippen LogP contribution >= 0.6 is 11.8 Å². The maximum Gasteiger partial charge on any atom is 0.0411 e. The molecule has 0 bridgehead atoms. The summed E-state index contributed by atoms with van der Waals surface area (Å²) in [7, 11) is 2.21. The molecule has 0 amide bonds. The van der Waals surface area contributed by atoms with Crippen molar-refractivity contribution in [1.29, 1.82) is 0 Å². The number of thioether (sulfide) groups is 1. The fourth-order valence-electron chi connectivity index (χ4n) is 2.63. The molecule has 0 spiro atoms. The molecule has 2 aliphatic heterocycles. The van der Waals surface area contributed by atoms with Crippen LogP contribution in [0.4, 0.5) is 0 Å². The summed E-state index contributed by atoms with van der Waals surface area (Å²) >= 11 is 1.99. The summed E-state index contributed by atoms with van der Waals surface area (Å²) in [5.41, 5.74) is 2.90. The standard InChI is InChI=1S/C15H20N2S/c1-16-8-10-17(11-9-16)14-6-4-12-18-15-7-3-2-5-13(14)15/h2-3,5-7H,4,8-12H2,1H3. The zero-order valence-electron chi connectivity index (χ0n) is 10.9. The molecule has 1 aromatic rings. The van der Waals surface area contributed by atoms with Gasteiger partial charge in [0.05, 0.1) is 0 Å². The molecule has 0 radical (unpaired) electrons. The molecule has 1 saturated heterocycles. The Morgan fingerprint density at radius 3 is 2.67 bits per heavy atom. The van der Waals surface area contributed by atoms with Crippen molar-refractivity contribution in [3.63, 3.8) is 0 Å². The lowest BCUT2D eigenvalue weighted by molar-refractivity contribution is 0.207. The normalized spacial score (nSPS) is 21.2. The highest BCUT2D eigenvalue weighted by Crippen LogP contribution is 2.34. The number of rotatable bonds is 1. The van der Waals surface area contributed by atoms with Gasteiger partial charge in [0.25, 0.3) is 0 Å². The summed E-state index contributed by atoms with van der Waals surface area (Å²) in [6, 6.07) is 8.85. The van der Waals surface area contributed by atoms with Gasteiger partial charge in [-0.15, -0.1) is 11.8 Å². The fraction of sp³-hybridized carbons (Fsp3) is 0.467. The molecule has 0 atom stereocenters. The van der Waals surface area contributed by atoms with Crippen LogP contribution in [-0.4, -0.2) is 48.8 Å². The lowest BCUT2D eigenvalue weighted by Crippen LogP contribution is -2.43. The number of nitrogens with zero attached hydrogens (tertiary/aromatic N) is 2. The largest absolute Gasteiger partial charge is 0.369 e. The quantitative estimate of drug-likeness (QED) is 0.766. The molecule has 0 N–H and O–H groups in total. The molecule has 0 aliphatic carbocycles. The van der Waals surface area contributed by atoms with Crippen LogP contribution in [0.15, 0.2) is 35.2 Å². The number of allylic oxidation sites excluding steroid dienone is 1. The van der Waals surface area contributed by atoms with E-state index in [0.29, 0.717) is 0 Å². The van der Waals surface area contributed by atoms with Gasteiger partial charge in [-0.1, -0.05) is 24.3 Å². The second kappa shape index (κ2) is 5.37. The third-order valence-corrected chi connectivity index (χ3v) is 4.83. The summed E-state index contributed by atoms with van der Waals surface area (Å²) in [6.45, 7) is 4.65. The van der Waals surface area contributed by atoms with Gasteiger partial charge in [0.1, 0.15) is 0 Å². The molecule has 0 saturated carbocycles. The van der Waals surface area contributed by atoms with Crippen LogP contribution in [0.3, 0.4) is 0 Å². The highest BCUT2D eigenvalue weighted by atomic mass is 32.2. The van der Waals surface area contributed by atoms with Gasteiger partial charge < -0.3 is 9.80 Å². The Bertz CT molecular complexity index is 448. The molecule has 3 heteroatoms. The molecule has 0 unspecified atom stereocenters. The van der Waals surface area contributed by atoms with Crippen LogP contribution in [0.5, 0.6) is 0 Å². The fourth-order valence-corrected chi connectivity index (χ4v) is 3.58. The van der Waals surface area contributed by atoms with Gasteiger partial charge in [-0.3, -0.25) is 0 Å². The van der Waals surface area contributed by atoms with Crippen LogP contribution in [0, 0.1) is 0 Å². The SMILES string of the molecule is CN1CCN(C2=CCCSc3ccccc32)CC1. The molecule has 3 rings (SSSR count). The number of hydrogen-bond donors (Lipinski definition) is 0. The first-order chi connectivity index (χ1) is 8.84. The highest BCUT2D eigenvalue weighted by Gasteiger charge is 2.20. The van der Waals surface area contributed by atoms with Gasteiger partial charge in [-0.2, -0.15) is 0 Å². The van der Waals surface area contributed by atoms with E-state index in [-0.39, 0.29) is 0 Å². The van der Waals surface area contributed by atoms with Crippen molar-refractivity contribution in [1.82, 2.24) is 9.80 Å². The first-order valence-electron chi connectivity index (χ1n) is 6.70. The van der Waals surface area contributed by atoms with Crippen molar-refractivity contribution in [2.75, 3.05) is 39.0 Å². The van der Waals surface area contributed by atoms with Gasteiger partial charge in [-0.25, -0.2) is 0 Å². The number of hydrogen-bond acceptors (Lipinski definition) is 3. The van der Waals surface area contributed by atoms with Crippen molar-refractivity contribution in [2.45, 2.75) is 11.3 Å². The molecule has 1 fully saturated rings. The Kier molecular flexibility index (Phi) is 3.62. The maximum absolute atomic E-state index is 2.56. The Balaban J connectivity index is 1.89. The molecule has 96 valence electrons. The van der Waals surface area contributed by atoms with Crippen molar-refractivity contribution >= 4 is 17.5 Å². The molecule has 1 aromatic carbocycles. The number of piperazine rings is 1. The van der Waals surface area contributed by atoms with E-state index in [2.05, 4.69) is 47.2 Å². The maximum atomic E-state index is 2.56. The summed E-state index contributed by atoms with van der Waals surface area (Å²) in [5, 5.41) is 0. The minimum absolute atomic E-state index is 1.15. The predicted octanol–water partition coefficient (Wildman–Crippen LogP) is 2.77. The van der Waals surface area contributed by atoms with Gasteiger partial charge in [0.2, 0.25) is 0 Å². The van der Waals surface area contributed by atoms with Gasteiger partial charge in [0, 0.05) is 48.1 Å². The Morgan fingerprint density at radius 1 is 1.06 bits per heavy atom. The molecule has 2 heterocycles. The van der Waals surface area contributed by atoms with E-state index in [0.717, 1.165) is 13.1 Å². The third kappa shape index (κ3) is 2.43. The van der Waals surface area contributed by atoms with E-state index >= 15 is 0 Å². The van der Waals surface area contributed by atoms with Crippen LogP contribution in [0.1, 0.15) is 12.0 Å². The van der Waals surface area contributed by atoms with Crippen molar-refractivity contribution in [2.24, 2.45) is 0 Å². The summed E-state index contributed by atoms with van der Waals surface area (Å²) in [4.78, 5) is 6.42. The van der Waals surface area contributed by atoms with Crippen LogP contribution < -0.4 is 0 Å². The van der Waals surface area contributed by atoms with Crippen LogP contribution in [0.25, 0.3) is 5.70 Å². The second-order valence-corrected chi connectivity index (χ2v) is 6.15. The minimum atomic E-state index is 1.15. The topological polar surface area (TPSA) is 6.48 Å². The first-order valence-corrected chi connectivity index (χ1v) is 7.69. The Hall–Kier alpha value is -0.930. The van der Waals surface area contributed by atoms with E-state index in [1.807, 2.05) is 11.8 Å². The van der Waals surface area contributed by atoms with Crippen molar-refractivity contribution in [3.8, 4) is 0 Å². The average Bonchev–Trinajstić information content (AvgIpc) is 2.62. The van der Waals surface area contributed by atoms with Crippen LogP contribution in [0.2, 0.25) is 0 Å². The van der Waals surface area contributed by atoms with E-state index in [4.69, 9.17) is 0 Å². The Labute approximate surface area is 114 Å². The average molecular weight is 260 g/mol. The third-order valence-electron chi connectivity index (χ3n) is 3.72. The molecule has 2 nitrogen and oxygen atoms in total. The predicted molar refractivity (Wildman–Crippen MR) is 78.8 cm³/mol. The molecular weight excluding hydrogens is 240 g/mol. The monoisotopic (exact) mass is 260 g/mol. The Morgan fingerprint density at radius 2 is 1.83 bits per heavy atom. The van der Waals surface area contributed by atoms with E-state index in [9.17, 15) is 0 Å². The number of benzene rings is 1. The molecular formula is C15H20N2S. The molecule has 2 aliphatic rings. The molecule has 0 aromatic heterocycles. The van der Waals surface area contributed by atoms with E-state index in [1.54, 1.807) is 0 Å². The first kappa shape index (κ1) is 12.1. The summed E-state index contributed by atoms with van der Waals surface area (Å²) in [5.74, 6) is 1.20.